The molecule has 0 aliphatic carbocycles. The number of nitrogens with zero attached hydrogens (tertiary/aromatic N) is 3. The highest BCUT2D eigenvalue weighted by atomic mass is 32.2. The summed E-state index contributed by atoms with van der Waals surface area (Å²) < 4.78 is 52.1. The molecule has 0 spiro atoms. The van der Waals surface area contributed by atoms with Gasteiger partial charge in [0.2, 0.25) is 15.9 Å². The van der Waals surface area contributed by atoms with Crippen molar-refractivity contribution in [2.75, 3.05) is 0 Å². The van der Waals surface area contributed by atoms with E-state index in [9.17, 15) is 17.2 Å². The van der Waals surface area contributed by atoms with Crippen LogP contribution >= 0.6 is 0 Å². The Labute approximate surface area is 169 Å². The van der Waals surface area contributed by atoms with Crippen LogP contribution in [-0.2, 0) is 10.0 Å². The number of rotatable bonds is 4. The van der Waals surface area contributed by atoms with Crippen LogP contribution in [0.1, 0.15) is 5.69 Å². The van der Waals surface area contributed by atoms with Gasteiger partial charge in [-0.1, -0.05) is 12.1 Å². The lowest BCUT2D eigenvalue weighted by molar-refractivity contribution is 0.311. The lowest BCUT2D eigenvalue weighted by Crippen LogP contribution is -2.11. The molecule has 154 valence electrons. The molecule has 0 saturated heterocycles. The number of halogens is 2. The molecule has 0 unspecified atom stereocenters. The highest BCUT2D eigenvalue weighted by Crippen LogP contribution is 2.33. The number of aryl methyl sites for hydroxylation is 1. The summed E-state index contributed by atoms with van der Waals surface area (Å²) in [6.07, 6.45) is 0. The van der Waals surface area contributed by atoms with Gasteiger partial charge in [0, 0.05) is 23.3 Å². The number of hydrogen-bond acceptors (Lipinski definition) is 6. The molecule has 11 heteroatoms. The number of nitrogens with two attached hydrogens (primary N) is 2. The van der Waals surface area contributed by atoms with Gasteiger partial charge in [-0.25, -0.2) is 27.3 Å². The molecule has 0 aliphatic rings. The van der Waals surface area contributed by atoms with Gasteiger partial charge in [-0.05, 0) is 31.2 Å². The number of primary sulfonamides is 1. The molecule has 2 heterocycles. The summed E-state index contributed by atoms with van der Waals surface area (Å²) >= 11 is 0. The van der Waals surface area contributed by atoms with E-state index in [-0.39, 0.29) is 22.0 Å². The van der Waals surface area contributed by atoms with E-state index in [0.717, 1.165) is 12.1 Å². The predicted octanol–water partition coefficient (Wildman–Crippen LogP) is 2.55. The van der Waals surface area contributed by atoms with Crippen LogP contribution in [0, 0.1) is 18.6 Å². The standard InChI is InChI=1S/C19H15F2N5O3S/c1-10-18(14-7-4-12(20)8-15(14)21)19-24-16(9-17(29-22)26(19)25-10)11-2-5-13(6-3-11)30(23,27)28/h2-9H,22H2,1H3,(H2,23,27,28). The second-order valence-corrected chi connectivity index (χ2v) is 8.05. The number of hydrogen-bond donors (Lipinski definition) is 2. The summed E-state index contributed by atoms with van der Waals surface area (Å²) in [6.45, 7) is 1.65. The molecule has 0 fully saturated rings. The first-order valence-electron chi connectivity index (χ1n) is 8.55. The van der Waals surface area contributed by atoms with Crippen molar-refractivity contribution in [1.82, 2.24) is 14.6 Å². The van der Waals surface area contributed by atoms with Crippen LogP contribution in [0.15, 0.2) is 53.4 Å². The monoisotopic (exact) mass is 431 g/mol. The molecule has 0 amide bonds. The van der Waals surface area contributed by atoms with E-state index in [1.165, 1.54) is 40.9 Å². The number of benzene rings is 2. The van der Waals surface area contributed by atoms with E-state index in [2.05, 4.69) is 10.1 Å². The maximum Gasteiger partial charge on any atom is 0.242 e. The first-order valence-corrected chi connectivity index (χ1v) is 10.1. The molecule has 0 radical (unpaired) electrons. The van der Waals surface area contributed by atoms with E-state index in [4.69, 9.17) is 15.9 Å². The number of sulfonamides is 1. The normalized spacial score (nSPS) is 11.8. The molecule has 8 nitrogen and oxygen atoms in total. The Morgan fingerprint density at radius 2 is 1.77 bits per heavy atom. The minimum atomic E-state index is -3.85. The SMILES string of the molecule is Cc1nn2c(ON)cc(-c3ccc(S(N)(=O)=O)cc3)nc2c1-c1ccc(F)cc1F. The van der Waals surface area contributed by atoms with Gasteiger partial charge < -0.3 is 4.84 Å². The average molecular weight is 431 g/mol. The molecule has 0 bridgehead atoms. The highest BCUT2D eigenvalue weighted by molar-refractivity contribution is 7.89. The first-order chi connectivity index (χ1) is 14.2. The van der Waals surface area contributed by atoms with Gasteiger partial charge in [0.05, 0.1) is 21.8 Å². The topological polar surface area (TPSA) is 126 Å². The summed E-state index contributed by atoms with van der Waals surface area (Å²) in [7, 11) is -3.85. The molecule has 0 saturated carbocycles. The second kappa shape index (κ2) is 7.13. The first kappa shape index (κ1) is 19.9. The highest BCUT2D eigenvalue weighted by Gasteiger charge is 2.21. The van der Waals surface area contributed by atoms with Crippen LogP contribution in [0.3, 0.4) is 0 Å². The van der Waals surface area contributed by atoms with E-state index < -0.39 is 21.7 Å². The Balaban J connectivity index is 1.95. The van der Waals surface area contributed by atoms with Crippen molar-refractivity contribution in [3.63, 3.8) is 0 Å². The van der Waals surface area contributed by atoms with E-state index >= 15 is 0 Å². The van der Waals surface area contributed by atoms with Crippen LogP contribution in [0.5, 0.6) is 5.88 Å². The van der Waals surface area contributed by atoms with Gasteiger partial charge in [0.1, 0.15) is 11.6 Å². The third-order valence-electron chi connectivity index (χ3n) is 4.53. The van der Waals surface area contributed by atoms with Gasteiger partial charge in [-0.15, -0.1) is 0 Å². The molecule has 30 heavy (non-hydrogen) atoms. The molecule has 4 aromatic rings. The zero-order valence-corrected chi connectivity index (χ0v) is 16.3. The van der Waals surface area contributed by atoms with Crippen molar-refractivity contribution in [1.29, 1.82) is 0 Å². The predicted molar refractivity (Wildman–Crippen MR) is 105 cm³/mol. The van der Waals surface area contributed by atoms with Gasteiger partial charge in [0.15, 0.2) is 5.65 Å². The zero-order chi connectivity index (χ0) is 21.6. The van der Waals surface area contributed by atoms with Crippen LogP contribution in [0.2, 0.25) is 0 Å². The quantitative estimate of drug-likeness (QED) is 0.478. The molecule has 0 aliphatic heterocycles. The molecular formula is C19H15F2N5O3S. The minimum absolute atomic E-state index is 0.0584. The van der Waals surface area contributed by atoms with Crippen LogP contribution in [-0.4, -0.2) is 23.0 Å². The van der Waals surface area contributed by atoms with Crippen molar-refractivity contribution < 1.29 is 22.0 Å². The van der Waals surface area contributed by atoms with Crippen molar-refractivity contribution in [3.8, 4) is 28.3 Å². The Kier molecular flexibility index (Phi) is 4.73. The Morgan fingerprint density at radius 3 is 2.37 bits per heavy atom. The molecular weight excluding hydrogens is 416 g/mol. The Hall–Kier alpha value is -3.41. The fourth-order valence-electron chi connectivity index (χ4n) is 3.15. The fraction of sp³-hybridized carbons (Fsp3) is 0.0526. The number of fused-ring (bicyclic) bond motifs is 1. The van der Waals surface area contributed by atoms with E-state index in [1.54, 1.807) is 6.92 Å². The van der Waals surface area contributed by atoms with Gasteiger partial charge >= 0.3 is 0 Å². The van der Waals surface area contributed by atoms with Gasteiger partial charge in [-0.3, -0.25) is 0 Å². The number of aromatic nitrogens is 3. The lowest BCUT2D eigenvalue weighted by Gasteiger charge is -2.08. The van der Waals surface area contributed by atoms with Gasteiger partial charge in [0.25, 0.3) is 0 Å². The fourth-order valence-corrected chi connectivity index (χ4v) is 3.67. The largest absolute Gasteiger partial charge is 0.391 e. The minimum Gasteiger partial charge on any atom is -0.391 e. The summed E-state index contributed by atoms with van der Waals surface area (Å²) in [6, 6.07) is 10.4. The maximum absolute atomic E-state index is 14.5. The maximum atomic E-state index is 14.5. The van der Waals surface area contributed by atoms with Crippen LogP contribution < -0.4 is 15.9 Å². The van der Waals surface area contributed by atoms with Crippen molar-refractivity contribution in [2.24, 2.45) is 11.0 Å². The van der Waals surface area contributed by atoms with Crippen molar-refractivity contribution in [3.05, 3.63) is 65.9 Å². The summed E-state index contributed by atoms with van der Waals surface area (Å²) in [4.78, 5) is 9.38. The third-order valence-corrected chi connectivity index (χ3v) is 5.46. The zero-order valence-electron chi connectivity index (χ0n) is 15.5. The second-order valence-electron chi connectivity index (χ2n) is 6.49. The third kappa shape index (κ3) is 3.38. The summed E-state index contributed by atoms with van der Waals surface area (Å²) in [5, 5.41) is 9.42. The average Bonchev–Trinajstić information content (AvgIpc) is 3.02. The van der Waals surface area contributed by atoms with Crippen LogP contribution in [0.25, 0.3) is 28.0 Å². The van der Waals surface area contributed by atoms with E-state index in [0.29, 0.717) is 22.5 Å². The Morgan fingerprint density at radius 1 is 1.07 bits per heavy atom. The Bertz CT molecular complexity index is 1390. The molecule has 0 atom stereocenters. The van der Waals surface area contributed by atoms with Crippen molar-refractivity contribution >= 4 is 15.7 Å². The van der Waals surface area contributed by atoms with E-state index in [1.807, 2.05) is 0 Å². The summed E-state index contributed by atoms with van der Waals surface area (Å²) in [5.74, 6) is 4.02. The molecule has 4 N–H and O–H groups in total. The lowest BCUT2D eigenvalue weighted by atomic mass is 10.1. The molecule has 2 aromatic carbocycles. The van der Waals surface area contributed by atoms with Crippen LogP contribution in [0.4, 0.5) is 8.78 Å². The summed E-state index contributed by atoms with van der Waals surface area (Å²) in [5.41, 5.74) is 2.01. The van der Waals surface area contributed by atoms with Crippen molar-refractivity contribution in [2.45, 2.75) is 11.8 Å². The van der Waals surface area contributed by atoms with Gasteiger partial charge in [-0.2, -0.15) is 15.5 Å². The molecule has 2 aromatic heterocycles. The smallest absolute Gasteiger partial charge is 0.242 e. The molecule has 4 rings (SSSR count).